The minimum absolute atomic E-state index is 0.0805. The van der Waals surface area contributed by atoms with Crippen LogP contribution in [0.4, 0.5) is 11.6 Å². The van der Waals surface area contributed by atoms with Gasteiger partial charge in [0, 0.05) is 24.9 Å². The standard InChI is InChI=1S/C20H18N8O3/c1-28-10-11(5-6-14(28)29)15-16(20-23-7-8-31-20)27-18(22)17(26-15)19(30)24-9-12-3-2-4-13(21)25-12/h2-8,10H,9H2,1H3,(H2,21,25)(H2,22,27)(H,24,30). The number of rotatable bonds is 5. The van der Waals surface area contributed by atoms with Crippen molar-refractivity contribution in [2.45, 2.75) is 6.54 Å². The van der Waals surface area contributed by atoms with Gasteiger partial charge in [0.2, 0.25) is 11.4 Å². The number of carbonyl (C=O) groups excluding carboxylic acids is 1. The lowest BCUT2D eigenvalue weighted by atomic mass is 10.1. The minimum atomic E-state index is -0.542. The van der Waals surface area contributed by atoms with Crippen LogP contribution in [0.25, 0.3) is 22.8 Å². The van der Waals surface area contributed by atoms with Gasteiger partial charge in [-0.25, -0.2) is 19.9 Å². The normalized spacial score (nSPS) is 10.7. The maximum atomic E-state index is 12.8. The highest BCUT2D eigenvalue weighted by Gasteiger charge is 2.22. The van der Waals surface area contributed by atoms with Crippen LogP contribution in [0.1, 0.15) is 16.2 Å². The Hall–Kier alpha value is -4.54. The number of hydrogen-bond donors (Lipinski definition) is 3. The molecule has 4 heterocycles. The topological polar surface area (TPSA) is 168 Å². The van der Waals surface area contributed by atoms with E-state index >= 15 is 0 Å². The van der Waals surface area contributed by atoms with Crippen molar-refractivity contribution in [3.63, 3.8) is 0 Å². The highest BCUT2D eigenvalue weighted by molar-refractivity contribution is 5.97. The van der Waals surface area contributed by atoms with Crippen molar-refractivity contribution in [1.82, 2.24) is 29.8 Å². The van der Waals surface area contributed by atoms with E-state index in [0.717, 1.165) is 0 Å². The fourth-order valence-electron chi connectivity index (χ4n) is 2.89. The SMILES string of the molecule is Cn1cc(-c2nc(C(=O)NCc3cccc(N)n3)c(N)nc2-c2ncco2)ccc1=O. The summed E-state index contributed by atoms with van der Waals surface area (Å²) in [5.41, 5.74) is 13.1. The molecule has 0 aliphatic carbocycles. The molecule has 1 amide bonds. The molecule has 0 saturated heterocycles. The van der Waals surface area contributed by atoms with Crippen LogP contribution in [-0.2, 0) is 13.6 Å². The van der Waals surface area contributed by atoms with Gasteiger partial charge in [-0.05, 0) is 18.2 Å². The molecule has 0 saturated carbocycles. The number of nitrogen functional groups attached to an aromatic ring is 2. The van der Waals surface area contributed by atoms with Gasteiger partial charge >= 0.3 is 0 Å². The summed E-state index contributed by atoms with van der Waals surface area (Å²) in [6.07, 6.45) is 4.42. The Bertz CT molecular complexity index is 1310. The van der Waals surface area contributed by atoms with Crippen LogP contribution in [0.3, 0.4) is 0 Å². The van der Waals surface area contributed by atoms with E-state index in [1.54, 1.807) is 37.5 Å². The number of oxazole rings is 1. The highest BCUT2D eigenvalue weighted by Crippen LogP contribution is 2.29. The summed E-state index contributed by atoms with van der Waals surface area (Å²) in [6.45, 7) is 0.127. The molecule has 4 rings (SSSR count). The van der Waals surface area contributed by atoms with Crippen molar-refractivity contribution in [2.75, 3.05) is 11.5 Å². The maximum Gasteiger partial charge on any atom is 0.274 e. The van der Waals surface area contributed by atoms with Crippen LogP contribution >= 0.6 is 0 Å². The van der Waals surface area contributed by atoms with E-state index in [-0.39, 0.29) is 35.2 Å². The predicted octanol–water partition coefficient (Wildman–Crippen LogP) is 0.987. The number of pyridine rings is 2. The zero-order chi connectivity index (χ0) is 22.0. The van der Waals surface area contributed by atoms with Crippen LogP contribution < -0.4 is 22.3 Å². The van der Waals surface area contributed by atoms with E-state index < -0.39 is 5.91 Å². The summed E-state index contributed by atoms with van der Waals surface area (Å²) < 4.78 is 6.74. The molecular formula is C20H18N8O3. The molecule has 0 radical (unpaired) electrons. The molecule has 0 aromatic carbocycles. The number of anilines is 2. The smallest absolute Gasteiger partial charge is 0.274 e. The fourth-order valence-corrected chi connectivity index (χ4v) is 2.89. The van der Waals surface area contributed by atoms with Crippen molar-refractivity contribution in [3.8, 4) is 22.8 Å². The van der Waals surface area contributed by atoms with Crippen LogP contribution in [0.5, 0.6) is 0 Å². The number of carbonyl (C=O) groups is 1. The molecule has 0 aliphatic rings. The van der Waals surface area contributed by atoms with Gasteiger partial charge in [-0.1, -0.05) is 6.07 Å². The van der Waals surface area contributed by atoms with E-state index in [2.05, 4.69) is 25.3 Å². The molecular weight excluding hydrogens is 400 g/mol. The average molecular weight is 418 g/mol. The quantitative estimate of drug-likeness (QED) is 0.428. The van der Waals surface area contributed by atoms with Gasteiger partial charge in [-0.3, -0.25) is 9.59 Å². The Labute approximate surface area is 175 Å². The number of nitrogens with zero attached hydrogens (tertiary/aromatic N) is 5. The third-order valence-electron chi connectivity index (χ3n) is 4.39. The largest absolute Gasteiger partial charge is 0.443 e. The minimum Gasteiger partial charge on any atom is -0.443 e. The molecule has 0 aliphatic heterocycles. The Balaban J connectivity index is 1.74. The first-order valence-corrected chi connectivity index (χ1v) is 9.16. The second kappa shape index (κ2) is 8.06. The molecule has 31 heavy (non-hydrogen) atoms. The zero-order valence-electron chi connectivity index (χ0n) is 16.4. The molecule has 0 fully saturated rings. The first-order chi connectivity index (χ1) is 14.9. The number of nitrogens with one attached hydrogen (secondary N) is 1. The molecule has 0 bridgehead atoms. The molecule has 156 valence electrons. The molecule has 5 N–H and O–H groups in total. The molecule has 11 nitrogen and oxygen atoms in total. The molecule has 4 aromatic rings. The molecule has 11 heteroatoms. The third kappa shape index (κ3) is 4.10. The van der Waals surface area contributed by atoms with E-state index in [9.17, 15) is 9.59 Å². The number of amides is 1. The predicted molar refractivity (Wildman–Crippen MR) is 112 cm³/mol. The van der Waals surface area contributed by atoms with Crippen LogP contribution in [0.2, 0.25) is 0 Å². The van der Waals surface area contributed by atoms with Gasteiger partial charge in [0.25, 0.3) is 5.91 Å². The van der Waals surface area contributed by atoms with Crippen molar-refractivity contribution in [3.05, 3.63) is 70.7 Å². The number of aromatic nitrogens is 5. The highest BCUT2D eigenvalue weighted by atomic mass is 16.3. The van der Waals surface area contributed by atoms with Crippen molar-refractivity contribution in [2.24, 2.45) is 7.05 Å². The lowest BCUT2D eigenvalue weighted by Crippen LogP contribution is -2.26. The van der Waals surface area contributed by atoms with Gasteiger partial charge in [-0.15, -0.1) is 0 Å². The number of aryl methyl sites for hydroxylation is 1. The fraction of sp³-hybridized carbons (Fsp3) is 0.100. The van der Waals surface area contributed by atoms with Gasteiger partial charge < -0.3 is 25.8 Å². The lowest BCUT2D eigenvalue weighted by molar-refractivity contribution is 0.0946. The van der Waals surface area contributed by atoms with Crippen molar-refractivity contribution >= 4 is 17.5 Å². The first kappa shape index (κ1) is 19.8. The van der Waals surface area contributed by atoms with E-state index in [1.807, 2.05) is 0 Å². The summed E-state index contributed by atoms with van der Waals surface area (Å²) in [4.78, 5) is 41.5. The Morgan fingerprint density at radius 3 is 2.68 bits per heavy atom. The average Bonchev–Trinajstić information content (AvgIpc) is 3.29. The zero-order valence-corrected chi connectivity index (χ0v) is 16.4. The van der Waals surface area contributed by atoms with Gasteiger partial charge in [-0.2, -0.15) is 0 Å². The van der Waals surface area contributed by atoms with E-state index in [0.29, 0.717) is 22.8 Å². The van der Waals surface area contributed by atoms with E-state index in [4.69, 9.17) is 15.9 Å². The Morgan fingerprint density at radius 2 is 1.97 bits per heavy atom. The van der Waals surface area contributed by atoms with Crippen LogP contribution in [0, 0.1) is 0 Å². The van der Waals surface area contributed by atoms with Crippen molar-refractivity contribution < 1.29 is 9.21 Å². The lowest BCUT2D eigenvalue weighted by Gasteiger charge is -2.12. The second-order valence-electron chi connectivity index (χ2n) is 6.60. The van der Waals surface area contributed by atoms with Crippen LogP contribution in [0.15, 0.2) is 58.2 Å². The number of nitrogens with two attached hydrogens (primary N) is 2. The summed E-state index contributed by atoms with van der Waals surface area (Å²) in [5, 5.41) is 2.70. The molecule has 0 spiro atoms. The molecule has 4 aromatic heterocycles. The van der Waals surface area contributed by atoms with Crippen molar-refractivity contribution in [1.29, 1.82) is 0 Å². The monoisotopic (exact) mass is 418 g/mol. The maximum absolute atomic E-state index is 12.8. The third-order valence-corrected chi connectivity index (χ3v) is 4.39. The van der Waals surface area contributed by atoms with Gasteiger partial charge in [0.1, 0.15) is 17.8 Å². The number of hydrogen-bond acceptors (Lipinski definition) is 9. The summed E-state index contributed by atoms with van der Waals surface area (Å²) in [7, 11) is 1.60. The van der Waals surface area contributed by atoms with Gasteiger partial charge in [0.15, 0.2) is 17.2 Å². The summed E-state index contributed by atoms with van der Waals surface area (Å²) in [5.74, 6) is -0.114. The Morgan fingerprint density at radius 1 is 1.13 bits per heavy atom. The van der Waals surface area contributed by atoms with Crippen LogP contribution in [-0.4, -0.2) is 30.4 Å². The summed E-state index contributed by atoms with van der Waals surface area (Å²) >= 11 is 0. The van der Waals surface area contributed by atoms with Gasteiger partial charge in [0.05, 0.1) is 18.4 Å². The molecule has 0 unspecified atom stereocenters. The second-order valence-corrected chi connectivity index (χ2v) is 6.60. The summed E-state index contributed by atoms with van der Waals surface area (Å²) in [6, 6.07) is 8.08. The van der Waals surface area contributed by atoms with E-state index in [1.165, 1.54) is 23.1 Å². The molecule has 0 atom stereocenters. The Kier molecular flexibility index (Phi) is 5.14. The first-order valence-electron chi connectivity index (χ1n) is 9.16.